The van der Waals surface area contributed by atoms with Gasteiger partial charge < -0.3 is 39.5 Å². The summed E-state index contributed by atoms with van der Waals surface area (Å²) in [4.78, 5) is 16.2. The van der Waals surface area contributed by atoms with Crippen LogP contribution in [0.3, 0.4) is 0 Å². The van der Waals surface area contributed by atoms with Crippen LogP contribution in [-0.4, -0.2) is 56.4 Å². The van der Waals surface area contributed by atoms with Crippen LogP contribution < -0.4 is 50.2 Å². The fraction of sp³-hybridized carbons (Fsp3) is 0.750. The predicted octanol–water partition coefficient (Wildman–Crippen LogP) is -6.85. The summed E-state index contributed by atoms with van der Waals surface area (Å²) >= 11 is 0. The van der Waals surface area contributed by atoms with Crippen molar-refractivity contribution in [3.8, 4) is 0 Å². The fourth-order valence-corrected chi connectivity index (χ4v) is 1.59. The van der Waals surface area contributed by atoms with Crippen LogP contribution in [0.2, 0.25) is 0 Å². The Balaban J connectivity index is 0.00000128. The summed E-state index contributed by atoms with van der Waals surface area (Å²) in [6.07, 6.45) is -0.112. The van der Waals surface area contributed by atoms with Crippen LogP contribution in [-0.2, 0) is 0 Å². The van der Waals surface area contributed by atoms with Crippen molar-refractivity contribution in [3.05, 3.63) is 0 Å². The van der Waals surface area contributed by atoms with Gasteiger partial charge in [0.15, 0.2) is 0 Å². The zero-order valence-electron chi connectivity index (χ0n) is 9.30. The number of nitrogens with zero attached hydrogens (tertiary/aromatic N) is 1. The number of carbonyl (C=O) groups is 1. The highest BCUT2D eigenvalue weighted by molar-refractivity contribution is 5.84. The third kappa shape index (κ3) is 3.11. The number of rotatable bonds is 3. The molecule has 92 valence electrons. The van der Waals surface area contributed by atoms with Gasteiger partial charge in [-0.3, -0.25) is 15.6 Å². The first-order valence-corrected chi connectivity index (χ1v) is 5.01. The summed E-state index contributed by atoms with van der Waals surface area (Å²) in [5.41, 5.74) is 0. The number of likely N-dealkylation sites (N-methyl/N-ethyl adjacent to an activating group) is 1. The van der Waals surface area contributed by atoms with Gasteiger partial charge in [-0.2, -0.15) is 0 Å². The minimum absolute atomic E-state index is 0. The van der Waals surface area contributed by atoms with Crippen LogP contribution in [0.1, 0.15) is 0 Å². The van der Waals surface area contributed by atoms with Crippen molar-refractivity contribution in [1.29, 1.82) is 0 Å². The normalized spacial score (nSPS) is 26.2. The molecule has 2 fully saturated rings. The molecule has 2 unspecified atom stereocenters. The van der Waals surface area contributed by atoms with Crippen molar-refractivity contribution in [2.24, 2.45) is 0 Å². The molecule has 8 heteroatoms. The average Bonchev–Trinajstić information content (AvgIpc) is 2.60. The number of urea groups is 1. The Labute approximate surface area is 111 Å². The molecule has 0 aromatic rings. The van der Waals surface area contributed by atoms with E-state index in [9.17, 15) is 4.79 Å². The second-order valence-corrected chi connectivity index (χ2v) is 3.97. The molecule has 2 saturated heterocycles. The van der Waals surface area contributed by atoms with E-state index in [1.165, 1.54) is 0 Å². The van der Waals surface area contributed by atoms with Crippen LogP contribution in [0.5, 0.6) is 0 Å². The number of nitrogens with one attached hydrogen (secondary N) is 5. The van der Waals surface area contributed by atoms with Crippen molar-refractivity contribution in [1.82, 2.24) is 26.2 Å². The summed E-state index contributed by atoms with van der Waals surface area (Å²) in [7, 11) is 4.05. The maximum atomic E-state index is 10.9. The molecule has 2 amide bonds. The lowest BCUT2D eigenvalue weighted by molar-refractivity contribution is -0.461. The molecule has 2 aliphatic heterocycles. The molecule has 0 bridgehead atoms. The van der Waals surface area contributed by atoms with Gasteiger partial charge >= 0.3 is 12.0 Å². The molecule has 2 heterocycles. The van der Waals surface area contributed by atoms with E-state index in [1.807, 2.05) is 14.1 Å². The van der Waals surface area contributed by atoms with Crippen molar-refractivity contribution >= 4 is 12.0 Å². The fourth-order valence-electron chi connectivity index (χ4n) is 1.59. The van der Waals surface area contributed by atoms with Gasteiger partial charge in [0.25, 0.3) is 0 Å². The highest BCUT2D eigenvalue weighted by atomic mass is 127. The van der Waals surface area contributed by atoms with E-state index in [0.717, 1.165) is 19.0 Å². The Kier molecular flexibility index (Phi) is 4.59. The van der Waals surface area contributed by atoms with Crippen LogP contribution in [0.15, 0.2) is 0 Å². The highest BCUT2D eigenvalue weighted by Gasteiger charge is 2.43. The van der Waals surface area contributed by atoms with E-state index in [-0.39, 0.29) is 42.3 Å². The van der Waals surface area contributed by atoms with Gasteiger partial charge in [-0.1, -0.05) is 0 Å². The van der Waals surface area contributed by atoms with E-state index in [4.69, 9.17) is 0 Å². The number of hydrogen-bond acceptors (Lipinski definition) is 2. The zero-order chi connectivity index (χ0) is 10.8. The number of guanidine groups is 1. The second-order valence-electron chi connectivity index (χ2n) is 3.97. The van der Waals surface area contributed by atoms with E-state index in [2.05, 4.69) is 31.2 Å². The first-order chi connectivity index (χ1) is 7.15. The maximum absolute atomic E-state index is 10.9. The van der Waals surface area contributed by atoms with Gasteiger partial charge in [-0.05, 0) is 14.1 Å². The van der Waals surface area contributed by atoms with E-state index >= 15 is 0 Å². The Morgan fingerprint density at radius 1 is 1.19 bits per heavy atom. The Bertz CT molecular complexity index is 276. The molecular weight excluding hydrogens is 323 g/mol. The summed E-state index contributed by atoms with van der Waals surface area (Å²) < 4.78 is 0. The van der Waals surface area contributed by atoms with Gasteiger partial charge in [-0.25, -0.2) is 4.79 Å². The highest BCUT2D eigenvalue weighted by Crippen LogP contribution is 1.98. The molecule has 0 saturated carbocycles. The third-order valence-corrected chi connectivity index (χ3v) is 2.37. The molecule has 0 spiro atoms. The van der Waals surface area contributed by atoms with Gasteiger partial charge in [0.2, 0.25) is 12.3 Å². The molecular formula is C8H17IN6O. The van der Waals surface area contributed by atoms with Crippen molar-refractivity contribution in [2.75, 3.05) is 27.2 Å². The van der Waals surface area contributed by atoms with Crippen LogP contribution in [0, 0.1) is 0 Å². The molecule has 0 aliphatic carbocycles. The zero-order valence-corrected chi connectivity index (χ0v) is 11.5. The van der Waals surface area contributed by atoms with Gasteiger partial charge in [0.05, 0.1) is 6.54 Å². The lowest BCUT2D eigenvalue weighted by Gasteiger charge is -2.05. The molecule has 0 aromatic carbocycles. The molecule has 7 nitrogen and oxygen atoms in total. The lowest BCUT2D eigenvalue weighted by Crippen LogP contribution is -3.00. The number of fused-ring (bicyclic) bond motifs is 1. The molecule has 5 N–H and O–H groups in total. The van der Waals surface area contributed by atoms with E-state index in [1.54, 1.807) is 0 Å². The monoisotopic (exact) mass is 340 g/mol. The Morgan fingerprint density at radius 2 is 1.75 bits per heavy atom. The number of amides is 2. The van der Waals surface area contributed by atoms with Crippen molar-refractivity contribution in [3.63, 3.8) is 0 Å². The van der Waals surface area contributed by atoms with E-state index < -0.39 is 0 Å². The first kappa shape index (κ1) is 13.3. The summed E-state index contributed by atoms with van der Waals surface area (Å²) in [6, 6.07) is -0.141. The van der Waals surface area contributed by atoms with Crippen LogP contribution >= 0.6 is 0 Å². The number of carbonyl (C=O) groups excluding carboxylic acids is 1. The average molecular weight is 340 g/mol. The molecule has 16 heavy (non-hydrogen) atoms. The summed E-state index contributed by atoms with van der Waals surface area (Å²) in [6.45, 7) is 1.82. The SMILES string of the molecule is CN(C)CC[NH+]=C1NC2NC(=O)NC2N1.[I-]. The Morgan fingerprint density at radius 3 is 2.25 bits per heavy atom. The Hall–Kier alpha value is -0.770. The molecule has 2 aliphatic rings. The maximum Gasteiger partial charge on any atom is 0.347 e. The van der Waals surface area contributed by atoms with Crippen molar-refractivity contribution in [2.45, 2.75) is 12.3 Å². The molecule has 0 radical (unpaired) electrons. The lowest BCUT2D eigenvalue weighted by atomic mass is 10.4. The van der Waals surface area contributed by atoms with Gasteiger partial charge in [0.1, 0.15) is 0 Å². The standard InChI is InChI=1S/C8H16N6O.HI/c1-14(2)4-3-9-7-10-5-6(11-7)13-8(15)12-5;/h5-6H,3-4H2,1-2H3,(H2,9,10,11)(H2,12,13,15);1H. The van der Waals surface area contributed by atoms with Crippen LogP contribution in [0.25, 0.3) is 0 Å². The first-order valence-electron chi connectivity index (χ1n) is 5.01. The molecule has 2 atom stereocenters. The quantitative estimate of drug-likeness (QED) is 0.331. The van der Waals surface area contributed by atoms with Crippen molar-refractivity contribution < 1.29 is 33.8 Å². The van der Waals surface area contributed by atoms with Gasteiger partial charge in [0, 0.05) is 6.54 Å². The third-order valence-electron chi connectivity index (χ3n) is 2.37. The smallest absolute Gasteiger partial charge is 0.347 e. The number of halogens is 1. The number of hydrogen-bond donors (Lipinski definition) is 5. The topological polar surface area (TPSA) is 82.4 Å². The largest absolute Gasteiger partial charge is 1.00 e. The minimum atomic E-state index is -0.141. The van der Waals surface area contributed by atoms with E-state index in [0.29, 0.717) is 0 Å². The summed E-state index contributed by atoms with van der Waals surface area (Å²) in [5, 5.41) is 11.8. The summed E-state index contributed by atoms with van der Waals surface area (Å²) in [5.74, 6) is 0.861. The van der Waals surface area contributed by atoms with Gasteiger partial charge in [-0.15, -0.1) is 0 Å². The molecule has 2 rings (SSSR count). The molecule has 0 aromatic heterocycles. The van der Waals surface area contributed by atoms with Crippen LogP contribution in [0.4, 0.5) is 4.79 Å². The predicted molar refractivity (Wildman–Crippen MR) is 54.9 cm³/mol. The minimum Gasteiger partial charge on any atom is -1.00 e. The second kappa shape index (κ2) is 5.53.